The lowest BCUT2D eigenvalue weighted by Gasteiger charge is -2.22. The number of amides is 1. The van der Waals surface area contributed by atoms with Crippen molar-refractivity contribution in [1.29, 1.82) is 0 Å². The molecule has 1 aromatic carbocycles. The number of carbonyl (C=O) groups is 1. The zero-order valence-corrected chi connectivity index (χ0v) is 11.6. The standard InChI is InChI=1S/C16H21NO3/c1-13(12-20-15-9-5-6-10-19-15)16(18)17-11-14-7-3-2-4-8-14/h2-4,7-8,15H,1,5-6,9-12H2,(H,17,18). The van der Waals surface area contributed by atoms with Crippen LogP contribution in [0.25, 0.3) is 0 Å². The van der Waals surface area contributed by atoms with E-state index in [4.69, 9.17) is 9.47 Å². The van der Waals surface area contributed by atoms with Crippen molar-refractivity contribution in [2.24, 2.45) is 0 Å². The van der Waals surface area contributed by atoms with E-state index in [1.54, 1.807) is 0 Å². The molecule has 0 radical (unpaired) electrons. The van der Waals surface area contributed by atoms with Crippen molar-refractivity contribution in [2.45, 2.75) is 32.1 Å². The van der Waals surface area contributed by atoms with Crippen molar-refractivity contribution >= 4 is 5.91 Å². The van der Waals surface area contributed by atoms with Gasteiger partial charge in [0.1, 0.15) is 0 Å². The SMILES string of the molecule is C=C(COC1CCCCO1)C(=O)NCc1ccccc1. The molecular formula is C16H21NO3. The molecule has 0 aliphatic carbocycles. The average molecular weight is 275 g/mol. The molecule has 4 heteroatoms. The van der Waals surface area contributed by atoms with Crippen LogP contribution in [-0.4, -0.2) is 25.4 Å². The van der Waals surface area contributed by atoms with Gasteiger partial charge >= 0.3 is 0 Å². The number of ether oxygens (including phenoxy) is 2. The molecule has 1 atom stereocenters. The Hall–Kier alpha value is -1.65. The van der Waals surface area contributed by atoms with Gasteiger partial charge in [-0.15, -0.1) is 0 Å². The number of carbonyl (C=O) groups excluding carboxylic acids is 1. The topological polar surface area (TPSA) is 47.6 Å². The van der Waals surface area contributed by atoms with E-state index in [-0.39, 0.29) is 18.8 Å². The number of hydrogen-bond acceptors (Lipinski definition) is 3. The summed E-state index contributed by atoms with van der Waals surface area (Å²) in [6.45, 7) is 5.20. The molecule has 1 aliphatic heterocycles. The lowest BCUT2D eigenvalue weighted by Crippen LogP contribution is -2.28. The third kappa shape index (κ3) is 4.79. The fourth-order valence-corrected chi connectivity index (χ4v) is 2.00. The van der Waals surface area contributed by atoms with Crippen LogP contribution in [0.4, 0.5) is 0 Å². The third-order valence-electron chi connectivity index (χ3n) is 3.20. The fourth-order valence-electron chi connectivity index (χ4n) is 2.00. The van der Waals surface area contributed by atoms with Gasteiger partial charge in [0.05, 0.1) is 6.61 Å². The zero-order valence-electron chi connectivity index (χ0n) is 11.6. The first-order valence-electron chi connectivity index (χ1n) is 6.99. The Morgan fingerprint density at radius 2 is 2.15 bits per heavy atom. The minimum atomic E-state index is -0.192. The van der Waals surface area contributed by atoms with Gasteiger partial charge < -0.3 is 14.8 Å². The molecular weight excluding hydrogens is 254 g/mol. The number of rotatable bonds is 6. The minimum Gasteiger partial charge on any atom is -0.353 e. The molecule has 4 nitrogen and oxygen atoms in total. The Balaban J connectivity index is 1.68. The van der Waals surface area contributed by atoms with E-state index in [1.165, 1.54) is 0 Å². The molecule has 0 aromatic heterocycles. The largest absolute Gasteiger partial charge is 0.353 e. The minimum absolute atomic E-state index is 0.176. The number of hydrogen-bond donors (Lipinski definition) is 1. The monoisotopic (exact) mass is 275 g/mol. The second-order valence-electron chi connectivity index (χ2n) is 4.88. The van der Waals surface area contributed by atoms with Gasteiger partial charge in [-0.2, -0.15) is 0 Å². The van der Waals surface area contributed by atoms with E-state index in [2.05, 4.69) is 11.9 Å². The van der Waals surface area contributed by atoms with Gasteiger partial charge in [-0.25, -0.2) is 0 Å². The second-order valence-corrected chi connectivity index (χ2v) is 4.88. The van der Waals surface area contributed by atoms with Crippen molar-refractivity contribution < 1.29 is 14.3 Å². The number of benzene rings is 1. The van der Waals surface area contributed by atoms with Crippen molar-refractivity contribution in [1.82, 2.24) is 5.32 Å². The van der Waals surface area contributed by atoms with Gasteiger partial charge in [0.25, 0.3) is 0 Å². The van der Waals surface area contributed by atoms with Crippen molar-refractivity contribution in [3.63, 3.8) is 0 Å². The predicted molar refractivity (Wildman–Crippen MR) is 77.0 cm³/mol. The van der Waals surface area contributed by atoms with Crippen LogP contribution in [0, 0.1) is 0 Å². The maximum atomic E-state index is 11.9. The summed E-state index contributed by atoms with van der Waals surface area (Å²) in [7, 11) is 0. The molecule has 1 aromatic rings. The van der Waals surface area contributed by atoms with Crippen LogP contribution in [0.1, 0.15) is 24.8 Å². The lowest BCUT2D eigenvalue weighted by atomic mass is 10.2. The molecule has 1 unspecified atom stereocenters. The summed E-state index contributed by atoms with van der Waals surface area (Å²) >= 11 is 0. The highest BCUT2D eigenvalue weighted by molar-refractivity contribution is 5.92. The maximum Gasteiger partial charge on any atom is 0.249 e. The van der Waals surface area contributed by atoms with Crippen molar-refractivity contribution in [3.8, 4) is 0 Å². The normalized spacial score (nSPS) is 18.5. The Kier molecular flexibility index (Phi) is 5.77. The first-order valence-corrected chi connectivity index (χ1v) is 6.99. The van der Waals surface area contributed by atoms with Gasteiger partial charge in [0, 0.05) is 18.7 Å². The van der Waals surface area contributed by atoms with Crippen LogP contribution < -0.4 is 5.32 Å². The Morgan fingerprint density at radius 3 is 2.85 bits per heavy atom. The predicted octanol–water partition coefficient (Wildman–Crippen LogP) is 2.40. The molecule has 1 heterocycles. The summed E-state index contributed by atoms with van der Waals surface area (Å²) in [6, 6.07) is 9.77. The van der Waals surface area contributed by atoms with Gasteiger partial charge in [-0.3, -0.25) is 4.79 Å². The summed E-state index contributed by atoms with van der Waals surface area (Å²) < 4.78 is 11.0. The van der Waals surface area contributed by atoms with Crippen LogP contribution in [0.2, 0.25) is 0 Å². The highest BCUT2D eigenvalue weighted by Gasteiger charge is 2.15. The van der Waals surface area contributed by atoms with E-state index >= 15 is 0 Å². The fraction of sp³-hybridized carbons (Fsp3) is 0.438. The van der Waals surface area contributed by atoms with Crippen LogP contribution in [0.3, 0.4) is 0 Å². The Labute approximate surface area is 119 Å². The molecule has 1 saturated heterocycles. The summed E-state index contributed by atoms with van der Waals surface area (Å²) in [5.41, 5.74) is 1.49. The van der Waals surface area contributed by atoms with Crippen LogP contribution in [0.5, 0.6) is 0 Å². The first kappa shape index (κ1) is 14.8. The summed E-state index contributed by atoms with van der Waals surface area (Å²) in [4.78, 5) is 11.9. The van der Waals surface area contributed by atoms with Gasteiger partial charge in [-0.05, 0) is 24.8 Å². The summed E-state index contributed by atoms with van der Waals surface area (Å²) in [6.07, 6.45) is 2.89. The molecule has 0 bridgehead atoms. The van der Waals surface area contributed by atoms with Crippen molar-refractivity contribution in [2.75, 3.05) is 13.2 Å². The maximum absolute atomic E-state index is 11.9. The first-order chi connectivity index (χ1) is 9.75. The average Bonchev–Trinajstić information content (AvgIpc) is 2.52. The molecule has 1 N–H and O–H groups in total. The van der Waals surface area contributed by atoms with E-state index in [1.807, 2.05) is 30.3 Å². The lowest BCUT2D eigenvalue weighted by molar-refractivity contribution is -0.158. The third-order valence-corrected chi connectivity index (χ3v) is 3.20. The van der Waals surface area contributed by atoms with Crippen LogP contribution >= 0.6 is 0 Å². The molecule has 1 aliphatic rings. The summed E-state index contributed by atoms with van der Waals surface area (Å²) in [5.74, 6) is -0.176. The highest BCUT2D eigenvalue weighted by atomic mass is 16.7. The van der Waals surface area contributed by atoms with E-state index in [0.717, 1.165) is 31.4 Å². The molecule has 108 valence electrons. The van der Waals surface area contributed by atoms with Gasteiger partial charge in [0.15, 0.2) is 6.29 Å². The molecule has 20 heavy (non-hydrogen) atoms. The summed E-state index contributed by atoms with van der Waals surface area (Å²) in [5, 5.41) is 2.83. The Bertz CT molecular complexity index is 438. The van der Waals surface area contributed by atoms with Gasteiger partial charge in [0.2, 0.25) is 5.91 Å². The van der Waals surface area contributed by atoms with E-state index in [9.17, 15) is 4.79 Å². The molecule has 0 spiro atoms. The molecule has 0 saturated carbocycles. The molecule has 1 amide bonds. The van der Waals surface area contributed by atoms with Gasteiger partial charge in [-0.1, -0.05) is 36.9 Å². The molecule has 2 rings (SSSR count). The smallest absolute Gasteiger partial charge is 0.249 e. The zero-order chi connectivity index (χ0) is 14.2. The van der Waals surface area contributed by atoms with Crippen LogP contribution in [0.15, 0.2) is 42.5 Å². The molecule has 1 fully saturated rings. The quantitative estimate of drug-likeness (QED) is 0.811. The second kappa shape index (κ2) is 7.82. The van der Waals surface area contributed by atoms with E-state index < -0.39 is 0 Å². The highest BCUT2D eigenvalue weighted by Crippen LogP contribution is 2.14. The van der Waals surface area contributed by atoms with Crippen LogP contribution in [-0.2, 0) is 20.8 Å². The number of nitrogens with one attached hydrogen (secondary N) is 1. The van der Waals surface area contributed by atoms with E-state index in [0.29, 0.717) is 12.1 Å². The Morgan fingerprint density at radius 1 is 1.35 bits per heavy atom. The van der Waals surface area contributed by atoms with Crippen molar-refractivity contribution in [3.05, 3.63) is 48.0 Å².